The summed E-state index contributed by atoms with van der Waals surface area (Å²) in [5.74, 6) is 0.545. The highest BCUT2D eigenvalue weighted by molar-refractivity contribution is 7.90. The Balaban J connectivity index is 2.42. The highest BCUT2D eigenvalue weighted by Gasteiger charge is 2.10. The van der Waals surface area contributed by atoms with Gasteiger partial charge in [0.15, 0.2) is 9.84 Å². The van der Waals surface area contributed by atoms with Crippen molar-refractivity contribution < 1.29 is 13.2 Å². The second-order valence-electron chi connectivity index (χ2n) is 4.36. The summed E-state index contributed by atoms with van der Waals surface area (Å²) in [6, 6.07) is 7.52. The summed E-state index contributed by atoms with van der Waals surface area (Å²) in [6.45, 7) is 0. The number of rotatable bonds is 4. The van der Waals surface area contributed by atoms with Crippen LogP contribution in [0.5, 0.6) is 5.75 Å². The molecule has 0 fully saturated rings. The van der Waals surface area contributed by atoms with E-state index in [1.165, 1.54) is 25.3 Å². The molecule has 110 valence electrons. The van der Waals surface area contributed by atoms with E-state index in [4.69, 9.17) is 4.74 Å². The summed E-state index contributed by atoms with van der Waals surface area (Å²) in [6.07, 6.45) is 4.47. The van der Waals surface area contributed by atoms with Gasteiger partial charge in [-0.25, -0.2) is 13.5 Å². The van der Waals surface area contributed by atoms with Crippen LogP contribution in [0.25, 0.3) is 12.2 Å². The Morgan fingerprint density at radius 2 is 1.95 bits per heavy atom. The first-order valence-electron chi connectivity index (χ1n) is 6.02. The molecular weight excluding hydrogens is 292 g/mol. The van der Waals surface area contributed by atoms with Crippen molar-refractivity contribution in [3.05, 3.63) is 51.9 Å². The molecule has 1 aromatic carbocycles. The zero-order chi connectivity index (χ0) is 15.5. The molecular formula is C14H14N2O4S. The molecule has 0 bridgehead atoms. The van der Waals surface area contributed by atoms with Gasteiger partial charge in [-0.15, -0.1) is 0 Å². The van der Waals surface area contributed by atoms with Gasteiger partial charge in [0.25, 0.3) is 5.56 Å². The molecule has 0 aliphatic carbocycles. The molecule has 1 aromatic heterocycles. The minimum atomic E-state index is -3.29. The molecule has 0 aliphatic heterocycles. The molecule has 6 nitrogen and oxygen atoms in total. The van der Waals surface area contributed by atoms with E-state index in [2.05, 4.69) is 10.2 Å². The summed E-state index contributed by atoms with van der Waals surface area (Å²) in [5.41, 5.74) is 0.860. The normalized spacial score (nSPS) is 11.7. The Kier molecular flexibility index (Phi) is 4.23. The highest BCUT2D eigenvalue weighted by atomic mass is 32.2. The van der Waals surface area contributed by atoms with Crippen molar-refractivity contribution in [3.8, 4) is 5.75 Å². The maximum Gasteiger partial charge on any atom is 0.264 e. The van der Waals surface area contributed by atoms with Gasteiger partial charge in [-0.2, -0.15) is 5.10 Å². The van der Waals surface area contributed by atoms with Gasteiger partial charge < -0.3 is 4.74 Å². The van der Waals surface area contributed by atoms with Gasteiger partial charge in [-0.05, 0) is 36.4 Å². The van der Waals surface area contributed by atoms with E-state index in [0.717, 1.165) is 6.26 Å². The number of aromatic nitrogens is 2. The zero-order valence-corrected chi connectivity index (χ0v) is 12.3. The summed E-state index contributed by atoms with van der Waals surface area (Å²) in [5, 5.41) is 6.15. The van der Waals surface area contributed by atoms with Crippen molar-refractivity contribution in [1.82, 2.24) is 10.2 Å². The number of benzene rings is 1. The quantitative estimate of drug-likeness (QED) is 0.921. The van der Waals surface area contributed by atoms with Crippen LogP contribution in [0.15, 0.2) is 40.0 Å². The summed E-state index contributed by atoms with van der Waals surface area (Å²) in [4.78, 5) is 11.1. The second kappa shape index (κ2) is 5.92. The number of sulfone groups is 1. The van der Waals surface area contributed by atoms with Crippen LogP contribution in [-0.2, 0) is 9.84 Å². The molecule has 0 radical (unpaired) electrons. The van der Waals surface area contributed by atoms with Gasteiger partial charge >= 0.3 is 0 Å². The first kappa shape index (κ1) is 15.0. The lowest BCUT2D eigenvalue weighted by Gasteiger charge is -2.06. The number of H-pyrrole nitrogens is 1. The summed E-state index contributed by atoms with van der Waals surface area (Å²) >= 11 is 0. The molecule has 0 spiro atoms. The molecule has 0 atom stereocenters. The van der Waals surface area contributed by atoms with Crippen molar-refractivity contribution in [2.45, 2.75) is 4.90 Å². The maximum absolute atomic E-state index is 11.6. The Labute approximate surface area is 122 Å². The predicted octanol–water partition coefficient (Wildman–Crippen LogP) is 1.35. The van der Waals surface area contributed by atoms with Crippen LogP contribution in [0, 0.1) is 0 Å². The molecule has 0 saturated heterocycles. The first-order valence-corrected chi connectivity index (χ1v) is 7.91. The van der Waals surface area contributed by atoms with Crippen LogP contribution in [0.4, 0.5) is 0 Å². The lowest BCUT2D eigenvalue weighted by atomic mass is 10.1. The standard InChI is InChI=1S/C14H14N2O4S/c1-20-13-7-6-12(21(2,18)19)9-10(13)3-4-11-5-8-14(17)16-15-11/h3-9H,1-2H3,(H,16,17). The molecule has 0 amide bonds. The van der Waals surface area contributed by atoms with Crippen molar-refractivity contribution in [1.29, 1.82) is 0 Å². The van der Waals surface area contributed by atoms with Gasteiger partial charge in [0.2, 0.25) is 0 Å². The largest absolute Gasteiger partial charge is 0.496 e. The molecule has 2 rings (SSSR count). The predicted molar refractivity (Wildman–Crippen MR) is 79.9 cm³/mol. The Hall–Kier alpha value is -2.41. The number of aromatic amines is 1. The molecule has 0 saturated carbocycles. The van der Waals surface area contributed by atoms with E-state index in [1.54, 1.807) is 24.3 Å². The Bertz CT molecular complexity index is 818. The van der Waals surface area contributed by atoms with E-state index < -0.39 is 9.84 Å². The Morgan fingerprint density at radius 3 is 2.52 bits per heavy atom. The Morgan fingerprint density at radius 1 is 1.19 bits per heavy atom. The number of methoxy groups -OCH3 is 1. The number of nitrogens with one attached hydrogen (secondary N) is 1. The highest BCUT2D eigenvalue weighted by Crippen LogP contribution is 2.24. The molecule has 7 heteroatoms. The van der Waals surface area contributed by atoms with E-state index in [9.17, 15) is 13.2 Å². The zero-order valence-electron chi connectivity index (χ0n) is 11.5. The third-order valence-electron chi connectivity index (χ3n) is 2.76. The van der Waals surface area contributed by atoms with Crippen molar-refractivity contribution in [2.24, 2.45) is 0 Å². The number of ether oxygens (including phenoxy) is 1. The van der Waals surface area contributed by atoms with Gasteiger partial charge in [-0.3, -0.25) is 4.79 Å². The van der Waals surface area contributed by atoms with Gasteiger partial charge in [-0.1, -0.05) is 0 Å². The molecule has 0 unspecified atom stereocenters. The minimum absolute atomic E-state index is 0.206. The van der Waals surface area contributed by atoms with E-state index in [1.807, 2.05) is 0 Å². The van der Waals surface area contributed by atoms with Crippen molar-refractivity contribution >= 4 is 22.0 Å². The molecule has 21 heavy (non-hydrogen) atoms. The average molecular weight is 306 g/mol. The lowest BCUT2D eigenvalue weighted by Crippen LogP contribution is -2.05. The van der Waals surface area contributed by atoms with Crippen LogP contribution in [0.2, 0.25) is 0 Å². The third kappa shape index (κ3) is 3.79. The van der Waals surface area contributed by atoms with Crippen LogP contribution in [-0.4, -0.2) is 32.0 Å². The molecule has 1 heterocycles. The van der Waals surface area contributed by atoms with E-state index in [0.29, 0.717) is 17.0 Å². The molecule has 0 aliphatic rings. The average Bonchev–Trinajstić information content (AvgIpc) is 2.45. The lowest BCUT2D eigenvalue weighted by molar-refractivity contribution is 0.413. The van der Waals surface area contributed by atoms with Crippen LogP contribution < -0.4 is 10.3 Å². The fourth-order valence-corrected chi connectivity index (χ4v) is 2.35. The van der Waals surface area contributed by atoms with Crippen molar-refractivity contribution in [3.63, 3.8) is 0 Å². The monoisotopic (exact) mass is 306 g/mol. The summed E-state index contributed by atoms with van der Waals surface area (Å²) in [7, 11) is -1.79. The third-order valence-corrected chi connectivity index (χ3v) is 3.87. The SMILES string of the molecule is COc1ccc(S(C)(=O)=O)cc1C=Cc1ccc(=O)[nH]n1. The fraction of sp³-hybridized carbons (Fsp3) is 0.143. The topological polar surface area (TPSA) is 89.1 Å². The van der Waals surface area contributed by atoms with Crippen LogP contribution in [0.3, 0.4) is 0 Å². The number of hydrogen-bond acceptors (Lipinski definition) is 5. The van der Waals surface area contributed by atoms with E-state index >= 15 is 0 Å². The number of hydrogen-bond donors (Lipinski definition) is 1. The smallest absolute Gasteiger partial charge is 0.264 e. The summed E-state index contributed by atoms with van der Waals surface area (Å²) < 4.78 is 28.4. The van der Waals surface area contributed by atoms with Crippen LogP contribution >= 0.6 is 0 Å². The van der Waals surface area contributed by atoms with Gasteiger partial charge in [0.1, 0.15) is 5.75 Å². The van der Waals surface area contributed by atoms with E-state index in [-0.39, 0.29) is 10.5 Å². The van der Waals surface area contributed by atoms with Crippen LogP contribution in [0.1, 0.15) is 11.3 Å². The first-order chi connectivity index (χ1) is 9.90. The maximum atomic E-state index is 11.6. The molecule has 2 aromatic rings. The number of nitrogens with zero attached hydrogens (tertiary/aromatic N) is 1. The fourth-order valence-electron chi connectivity index (χ4n) is 1.70. The van der Waals surface area contributed by atoms with Gasteiger partial charge in [0, 0.05) is 17.9 Å². The van der Waals surface area contributed by atoms with Crippen molar-refractivity contribution in [2.75, 3.05) is 13.4 Å². The molecule has 1 N–H and O–H groups in total. The van der Waals surface area contributed by atoms with Gasteiger partial charge in [0.05, 0.1) is 17.7 Å². The minimum Gasteiger partial charge on any atom is -0.496 e. The second-order valence-corrected chi connectivity index (χ2v) is 6.37.